The molecule has 3 N–H and O–H groups in total. The summed E-state index contributed by atoms with van der Waals surface area (Å²) in [5.74, 6) is 0. The van der Waals surface area contributed by atoms with E-state index in [-0.39, 0.29) is 10.6 Å². The van der Waals surface area contributed by atoms with Crippen LogP contribution in [0.1, 0.15) is 16.1 Å². The van der Waals surface area contributed by atoms with Gasteiger partial charge in [-0.25, -0.2) is 18.1 Å². The van der Waals surface area contributed by atoms with Gasteiger partial charge >= 0.3 is 0 Å². The van der Waals surface area contributed by atoms with Gasteiger partial charge in [-0.2, -0.15) is 0 Å². The van der Waals surface area contributed by atoms with E-state index in [4.69, 9.17) is 5.73 Å². The van der Waals surface area contributed by atoms with Gasteiger partial charge in [-0.05, 0) is 37.1 Å². The molecule has 20 heavy (non-hydrogen) atoms. The number of nitrogens with zero attached hydrogens (tertiary/aromatic N) is 1. The Morgan fingerprint density at radius 3 is 2.65 bits per heavy atom. The van der Waals surface area contributed by atoms with E-state index in [0.29, 0.717) is 13.0 Å². The Labute approximate surface area is 122 Å². The van der Waals surface area contributed by atoms with Crippen molar-refractivity contribution in [2.45, 2.75) is 25.2 Å². The fourth-order valence-corrected chi connectivity index (χ4v) is 3.64. The maximum Gasteiger partial charge on any atom is 0.242 e. The van der Waals surface area contributed by atoms with Crippen molar-refractivity contribution < 1.29 is 8.42 Å². The van der Waals surface area contributed by atoms with Crippen LogP contribution in [0.4, 0.5) is 5.69 Å². The fraction of sp³-hybridized carbons (Fsp3) is 0.308. The lowest BCUT2D eigenvalue weighted by Crippen LogP contribution is -2.27. The van der Waals surface area contributed by atoms with Crippen LogP contribution in [0.5, 0.6) is 0 Å². The van der Waals surface area contributed by atoms with Gasteiger partial charge in [0, 0.05) is 24.5 Å². The third-order valence-electron chi connectivity index (χ3n) is 3.03. The molecule has 1 heterocycles. The average Bonchev–Trinajstić information content (AvgIpc) is 2.86. The van der Waals surface area contributed by atoms with E-state index in [2.05, 4.69) is 9.71 Å². The standard InChI is InChI=1S/C13H17N3O2S2/c1-9-7-11(14)12(8-10(9)2)20(17,18)16-4-3-13-15-5-6-19-13/h5-8,16H,3-4,14H2,1-2H3. The van der Waals surface area contributed by atoms with Gasteiger partial charge in [0.05, 0.1) is 10.7 Å². The molecule has 0 spiro atoms. The maximum atomic E-state index is 12.2. The molecule has 1 aromatic carbocycles. The first kappa shape index (κ1) is 15.0. The van der Waals surface area contributed by atoms with Gasteiger partial charge < -0.3 is 5.73 Å². The van der Waals surface area contributed by atoms with Gasteiger partial charge in [-0.1, -0.05) is 0 Å². The summed E-state index contributed by atoms with van der Waals surface area (Å²) in [5, 5.41) is 2.77. The molecule has 2 aromatic rings. The monoisotopic (exact) mass is 311 g/mol. The van der Waals surface area contributed by atoms with Crippen LogP contribution in [0.15, 0.2) is 28.6 Å². The van der Waals surface area contributed by atoms with Crippen molar-refractivity contribution in [1.82, 2.24) is 9.71 Å². The van der Waals surface area contributed by atoms with Crippen molar-refractivity contribution >= 4 is 27.0 Å². The molecule has 0 unspecified atom stereocenters. The van der Waals surface area contributed by atoms with Crippen molar-refractivity contribution in [3.8, 4) is 0 Å². The Kier molecular flexibility index (Phi) is 4.42. The third-order valence-corrected chi connectivity index (χ3v) is 5.39. The number of nitrogens with two attached hydrogens (primary N) is 1. The van der Waals surface area contributed by atoms with E-state index in [0.717, 1.165) is 16.1 Å². The predicted molar refractivity (Wildman–Crippen MR) is 81.3 cm³/mol. The zero-order chi connectivity index (χ0) is 14.8. The normalized spacial score (nSPS) is 11.7. The lowest BCUT2D eigenvalue weighted by molar-refractivity contribution is 0.582. The summed E-state index contributed by atoms with van der Waals surface area (Å²) < 4.78 is 27.0. The zero-order valence-corrected chi connectivity index (χ0v) is 13.0. The molecule has 0 fully saturated rings. The largest absolute Gasteiger partial charge is 0.398 e. The molecule has 0 radical (unpaired) electrons. The van der Waals surface area contributed by atoms with E-state index in [1.807, 2.05) is 19.2 Å². The minimum atomic E-state index is -3.58. The number of benzene rings is 1. The number of aryl methyl sites for hydroxylation is 2. The minimum absolute atomic E-state index is 0.139. The fourth-order valence-electron chi connectivity index (χ4n) is 1.79. The number of aromatic nitrogens is 1. The van der Waals surface area contributed by atoms with Gasteiger partial charge in [0.2, 0.25) is 10.0 Å². The molecule has 0 aliphatic carbocycles. The summed E-state index contributed by atoms with van der Waals surface area (Å²) in [6.07, 6.45) is 2.28. The summed E-state index contributed by atoms with van der Waals surface area (Å²) >= 11 is 1.51. The highest BCUT2D eigenvalue weighted by molar-refractivity contribution is 7.89. The number of hydrogen-bond acceptors (Lipinski definition) is 5. The molecule has 7 heteroatoms. The topological polar surface area (TPSA) is 85.1 Å². The van der Waals surface area contributed by atoms with Crippen LogP contribution in [0, 0.1) is 13.8 Å². The minimum Gasteiger partial charge on any atom is -0.398 e. The molecule has 0 saturated heterocycles. The number of nitrogens with one attached hydrogen (secondary N) is 1. The second-order valence-corrected chi connectivity index (χ2v) is 7.26. The van der Waals surface area contributed by atoms with E-state index < -0.39 is 10.0 Å². The molecule has 0 bridgehead atoms. The summed E-state index contributed by atoms with van der Waals surface area (Å²) in [5.41, 5.74) is 7.96. The molecule has 2 rings (SSSR count). The Morgan fingerprint density at radius 1 is 1.30 bits per heavy atom. The van der Waals surface area contributed by atoms with Crippen LogP contribution in [0.3, 0.4) is 0 Å². The van der Waals surface area contributed by atoms with E-state index in [9.17, 15) is 8.42 Å². The maximum absolute atomic E-state index is 12.2. The van der Waals surface area contributed by atoms with Crippen LogP contribution < -0.4 is 10.5 Å². The number of nitrogen functional groups attached to an aromatic ring is 1. The van der Waals surface area contributed by atoms with Crippen molar-refractivity contribution in [3.05, 3.63) is 39.8 Å². The first-order chi connectivity index (χ1) is 9.40. The molecule has 0 aliphatic rings. The highest BCUT2D eigenvalue weighted by atomic mass is 32.2. The molecule has 108 valence electrons. The molecule has 5 nitrogen and oxygen atoms in total. The molecule has 0 atom stereocenters. The number of thiazole rings is 1. The van der Waals surface area contributed by atoms with Gasteiger partial charge in [0.1, 0.15) is 4.90 Å². The highest BCUT2D eigenvalue weighted by Gasteiger charge is 2.18. The highest BCUT2D eigenvalue weighted by Crippen LogP contribution is 2.22. The molecule has 0 saturated carbocycles. The molecule has 0 aliphatic heterocycles. The van der Waals surface area contributed by atoms with Crippen molar-refractivity contribution in [1.29, 1.82) is 0 Å². The number of anilines is 1. The summed E-state index contributed by atoms with van der Waals surface area (Å²) in [6.45, 7) is 4.07. The summed E-state index contributed by atoms with van der Waals surface area (Å²) in [6, 6.07) is 3.29. The summed E-state index contributed by atoms with van der Waals surface area (Å²) in [4.78, 5) is 4.25. The first-order valence-corrected chi connectivity index (χ1v) is 8.51. The smallest absolute Gasteiger partial charge is 0.242 e. The lowest BCUT2D eigenvalue weighted by Gasteiger charge is -2.11. The average molecular weight is 311 g/mol. The Bertz CT molecular complexity index is 695. The molecular weight excluding hydrogens is 294 g/mol. The van der Waals surface area contributed by atoms with Crippen molar-refractivity contribution in [2.24, 2.45) is 0 Å². The van der Waals surface area contributed by atoms with Gasteiger partial charge in [-0.3, -0.25) is 0 Å². The second-order valence-electron chi connectivity index (χ2n) is 4.55. The quantitative estimate of drug-likeness (QED) is 0.825. The Morgan fingerprint density at radius 2 is 2.00 bits per heavy atom. The third kappa shape index (κ3) is 3.36. The van der Waals surface area contributed by atoms with Crippen LogP contribution in [0.25, 0.3) is 0 Å². The van der Waals surface area contributed by atoms with Crippen molar-refractivity contribution in [3.63, 3.8) is 0 Å². The van der Waals surface area contributed by atoms with E-state index in [1.54, 1.807) is 18.3 Å². The zero-order valence-electron chi connectivity index (χ0n) is 11.4. The SMILES string of the molecule is Cc1cc(N)c(S(=O)(=O)NCCc2nccs2)cc1C. The second kappa shape index (κ2) is 5.90. The molecule has 0 amide bonds. The number of sulfonamides is 1. The van der Waals surface area contributed by atoms with Gasteiger partial charge in [0.25, 0.3) is 0 Å². The van der Waals surface area contributed by atoms with E-state index in [1.165, 1.54) is 11.3 Å². The number of hydrogen-bond donors (Lipinski definition) is 2. The number of rotatable bonds is 5. The molecule has 1 aromatic heterocycles. The van der Waals surface area contributed by atoms with Crippen molar-refractivity contribution in [2.75, 3.05) is 12.3 Å². The molecular formula is C13H17N3O2S2. The lowest BCUT2D eigenvalue weighted by atomic mass is 10.1. The predicted octanol–water partition coefficient (Wildman–Crippen LogP) is 1.86. The Hall–Kier alpha value is -1.44. The van der Waals surface area contributed by atoms with Crippen LogP contribution in [0.2, 0.25) is 0 Å². The Balaban J connectivity index is 2.12. The van der Waals surface area contributed by atoms with Crippen LogP contribution in [-0.4, -0.2) is 19.9 Å². The first-order valence-electron chi connectivity index (χ1n) is 6.15. The van der Waals surface area contributed by atoms with E-state index >= 15 is 0 Å². The van der Waals surface area contributed by atoms with Gasteiger partial charge in [0.15, 0.2) is 0 Å². The van der Waals surface area contributed by atoms with Crippen LogP contribution >= 0.6 is 11.3 Å². The van der Waals surface area contributed by atoms with Gasteiger partial charge in [-0.15, -0.1) is 11.3 Å². The summed E-state index contributed by atoms with van der Waals surface area (Å²) in [7, 11) is -3.58. The van der Waals surface area contributed by atoms with Crippen LogP contribution in [-0.2, 0) is 16.4 Å².